The van der Waals surface area contributed by atoms with Gasteiger partial charge in [0.15, 0.2) is 0 Å². The van der Waals surface area contributed by atoms with Crippen molar-refractivity contribution < 1.29 is 27.5 Å². The van der Waals surface area contributed by atoms with E-state index in [1.165, 1.54) is 18.5 Å². The van der Waals surface area contributed by atoms with E-state index in [1.807, 2.05) is 0 Å². The van der Waals surface area contributed by atoms with Gasteiger partial charge in [-0.3, -0.25) is 5.10 Å². The Morgan fingerprint density at radius 2 is 1.56 bits per heavy atom. The van der Waals surface area contributed by atoms with Crippen LogP contribution in [0.5, 0.6) is 0 Å². The summed E-state index contributed by atoms with van der Waals surface area (Å²) in [6.07, 6.45) is 1.52. The summed E-state index contributed by atoms with van der Waals surface area (Å²) in [4.78, 5) is 16.8. The van der Waals surface area contributed by atoms with Crippen LogP contribution in [0.3, 0.4) is 0 Å². The van der Waals surface area contributed by atoms with Crippen molar-refractivity contribution in [1.82, 2.24) is 20.2 Å². The van der Waals surface area contributed by atoms with Crippen LogP contribution in [-0.4, -0.2) is 37.4 Å². The average Bonchev–Trinajstić information content (AvgIpc) is 3.06. The molecule has 0 amide bonds. The molecule has 0 aliphatic rings. The number of rotatable bonds is 2. The number of nitrogens with zero attached hydrogens (tertiary/aromatic N) is 3. The first-order valence-electron chi connectivity index (χ1n) is 6.64. The van der Waals surface area contributed by atoms with E-state index in [9.17, 15) is 17.6 Å². The summed E-state index contributed by atoms with van der Waals surface area (Å²) in [6, 6.07) is 6.25. The van der Waals surface area contributed by atoms with Crippen LogP contribution >= 0.6 is 0 Å². The van der Waals surface area contributed by atoms with Gasteiger partial charge in [-0.05, 0) is 24.3 Å². The second-order valence-electron chi connectivity index (χ2n) is 4.60. The maximum atomic E-state index is 12.9. The normalized spacial score (nSPS) is 10.7. The van der Waals surface area contributed by atoms with Gasteiger partial charge in [-0.2, -0.15) is 18.3 Å². The van der Waals surface area contributed by atoms with E-state index in [4.69, 9.17) is 9.90 Å². The zero-order valence-corrected chi connectivity index (χ0v) is 12.3. The summed E-state index contributed by atoms with van der Waals surface area (Å²) < 4.78 is 44.6. The number of hydrogen-bond donors (Lipinski definition) is 2. The van der Waals surface area contributed by atoms with Crippen molar-refractivity contribution in [2.75, 3.05) is 0 Å². The number of halogens is 4. The highest BCUT2D eigenvalue weighted by molar-refractivity contribution is 5.79. The molecule has 1 aromatic carbocycles. The van der Waals surface area contributed by atoms with Gasteiger partial charge in [0, 0.05) is 29.1 Å². The number of carboxylic acid groups (broad SMARTS) is 1. The molecule has 2 aromatic heterocycles. The number of H-pyrrole nitrogens is 1. The van der Waals surface area contributed by atoms with Gasteiger partial charge in [0.05, 0.1) is 11.9 Å². The van der Waals surface area contributed by atoms with Gasteiger partial charge in [0.1, 0.15) is 12.1 Å². The summed E-state index contributed by atoms with van der Waals surface area (Å²) in [7, 11) is 0. The van der Waals surface area contributed by atoms with Crippen molar-refractivity contribution in [1.29, 1.82) is 0 Å². The van der Waals surface area contributed by atoms with Crippen LogP contribution in [0.4, 0.5) is 17.6 Å². The summed E-state index contributed by atoms with van der Waals surface area (Å²) in [5.74, 6) is -3.02. The first kappa shape index (κ1) is 18.0. The molecule has 0 atom stereocenters. The Balaban J connectivity index is 0.000000277. The smallest absolute Gasteiger partial charge is 0.475 e. The number of alkyl halides is 3. The van der Waals surface area contributed by atoms with Crippen LogP contribution in [0.2, 0.25) is 0 Å². The molecular formula is C15H10F4N4O2. The zero-order chi connectivity index (χ0) is 18.4. The number of aromatic amines is 1. The molecule has 0 saturated carbocycles. The molecule has 3 aromatic rings. The monoisotopic (exact) mass is 354 g/mol. The van der Waals surface area contributed by atoms with E-state index in [1.54, 1.807) is 30.7 Å². The maximum Gasteiger partial charge on any atom is 0.490 e. The van der Waals surface area contributed by atoms with Crippen molar-refractivity contribution in [3.63, 3.8) is 0 Å². The molecule has 0 radical (unpaired) electrons. The molecule has 130 valence electrons. The molecule has 0 aliphatic carbocycles. The molecule has 2 N–H and O–H groups in total. The second kappa shape index (κ2) is 7.51. The number of carbonyl (C=O) groups is 1. The van der Waals surface area contributed by atoms with Crippen molar-refractivity contribution >= 4 is 5.97 Å². The molecule has 0 aliphatic heterocycles. The van der Waals surface area contributed by atoms with Crippen molar-refractivity contribution in [3.8, 4) is 22.4 Å². The molecule has 0 bridgehead atoms. The molecule has 25 heavy (non-hydrogen) atoms. The van der Waals surface area contributed by atoms with Crippen molar-refractivity contribution in [3.05, 3.63) is 55.0 Å². The predicted molar refractivity (Wildman–Crippen MR) is 78.7 cm³/mol. The lowest BCUT2D eigenvalue weighted by atomic mass is 10.0. The highest BCUT2D eigenvalue weighted by Gasteiger charge is 2.38. The minimum atomic E-state index is -5.08. The van der Waals surface area contributed by atoms with Crippen molar-refractivity contribution in [2.45, 2.75) is 6.18 Å². The largest absolute Gasteiger partial charge is 0.490 e. The third kappa shape index (κ3) is 4.83. The second-order valence-corrected chi connectivity index (χ2v) is 4.60. The highest BCUT2D eigenvalue weighted by Crippen LogP contribution is 2.29. The molecule has 0 saturated heterocycles. The fraction of sp³-hybridized carbons (Fsp3) is 0.0667. The fourth-order valence-electron chi connectivity index (χ4n) is 1.78. The van der Waals surface area contributed by atoms with Crippen LogP contribution in [0.25, 0.3) is 22.4 Å². The molecule has 0 spiro atoms. The molecule has 2 heterocycles. The van der Waals surface area contributed by atoms with Crippen molar-refractivity contribution in [2.24, 2.45) is 0 Å². The number of hydrogen-bond acceptors (Lipinski definition) is 4. The highest BCUT2D eigenvalue weighted by atomic mass is 19.4. The third-order valence-electron chi connectivity index (χ3n) is 2.89. The van der Waals surface area contributed by atoms with Gasteiger partial charge in [0.2, 0.25) is 0 Å². The van der Waals surface area contributed by atoms with Crippen LogP contribution in [0, 0.1) is 5.82 Å². The Hall–Kier alpha value is -3.30. The number of aliphatic carboxylic acids is 1. The lowest BCUT2D eigenvalue weighted by Gasteiger charge is -2.02. The van der Waals surface area contributed by atoms with Gasteiger partial charge < -0.3 is 5.11 Å². The van der Waals surface area contributed by atoms with E-state index < -0.39 is 12.1 Å². The van der Waals surface area contributed by atoms with Gasteiger partial charge in [0.25, 0.3) is 0 Å². The van der Waals surface area contributed by atoms with Gasteiger partial charge in [-0.15, -0.1) is 0 Å². The van der Waals surface area contributed by atoms with E-state index in [-0.39, 0.29) is 5.82 Å². The number of nitrogens with one attached hydrogen (secondary N) is 1. The fourth-order valence-corrected chi connectivity index (χ4v) is 1.78. The van der Waals surface area contributed by atoms with Gasteiger partial charge >= 0.3 is 12.1 Å². The summed E-state index contributed by atoms with van der Waals surface area (Å²) in [6.45, 7) is 0. The van der Waals surface area contributed by atoms with Crippen LogP contribution in [0.15, 0.2) is 49.2 Å². The Labute approximate surface area is 138 Å². The summed E-state index contributed by atoms with van der Waals surface area (Å²) >= 11 is 0. The molecule has 0 unspecified atom stereocenters. The lowest BCUT2D eigenvalue weighted by molar-refractivity contribution is -0.192. The van der Waals surface area contributed by atoms with Crippen LogP contribution in [-0.2, 0) is 4.79 Å². The predicted octanol–water partition coefficient (Wildman–Crippen LogP) is 3.31. The Morgan fingerprint density at radius 3 is 2.08 bits per heavy atom. The zero-order valence-electron chi connectivity index (χ0n) is 12.3. The molecule has 3 rings (SSSR count). The molecular weight excluding hydrogens is 344 g/mol. The lowest BCUT2D eigenvalue weighted by Crippen LogP contribution is -2.21. The summed E-state index contributed by atoms with van der Waals surface area (Å²) in [5.41, 5.74) is 3.45. The topological polar surface area (TPSA) is 91.8 Å². The average molecular weight is 354 g/mol. The van der Waals surface area contributed by atoms with Crippen LogP contribution < -0.4 is 0 Å². The minimum Gasteiger partial charge on any atom is -0.475 e. The van der Waals surface area contributed by atoms with E-state index in [0.29, 0.717) is 0 Å². The van der Waals surface area contributed by atoms with Gasteiger partial charge in [-0.1, -0.05) is 0 Å². The van der Waals surface area contributed by atoms with E-state index in [0.717, 1.165) is 22.4 Å². The van der Waals surface area contributed by atoms with Crippen LogP contribution in [0.1, 0.15) is 0 Å². The first-order valence-corrected chi connectivity index (χ1v) is 6.64. The number of benzene rings is 1. The Bertz CT molecular complexity index is 833. The Morgan fingerprint density at radius 1 is 1.00 bits per heavy atom. The minimum absolute atomic E-state index is 0.261. The van der Waals surface area contributed by atoms with E-state index >= 15 is 0 Å². The molecule has 6 nitrogen and oxygen atoms in total. The standard InChI is InChI=1S/C13H9FN4.C2HF3O2/c14-11-3-1-9(2-4-11)13-12(7-17-18-13)10-5-15-8-16-6-10;3-2(4,5)1(6)7/h1-8H,(H,17,18);(H,6,7). The third-order valence-corrected chi connectivity index (χ3v) is 2.89. The van der Waals surface area contributed by atoms with Gasteiger partial charge in [-0.25, -0.2) is 19.2 Å². The summed E-state index contributed by atoms with van der Waals surface area (Å²) in [5, 5.41) is 14.1. The molecule has 0 fully saturated rings. The number of aromatic nitrogens is 4. The molecule has 10 heteroatoms. The SMILES string of the molecule is Fc1ccc(-c2[nH]ncc2-c2cncnc2)cc1.O=C(O)C(F)(F)F. The number of carboxylic acids is 1. The van der Waals surface area contributed by atoms with E-state index in [2.05, 4.69) is 20.2 Å². The maximum absolute atomic E-state index is 12.9. The Kier molecular flexibility index (Phi) is 5.42. The quantitative estimate of drug-likeness (QED) is 0.689. The first-order chi connectivity index (χ1) is 11.8.